The van der Waals surface area contributed by atoms with Gasteiger partial charge in [-0.05, 0) is 79.6 Å². The quantitative estimate of drug-likeness (QED) is 0.127. The summed E-state index contributed by atoms with van der Waals surface area (Å²) in [4.78, 5) is 34.3. The molecule has 3 aromatic carbocycles. The summed E-state index contributed by atoms with van der Waals surface area (Å²) >= 11 is 6.38. The van der Waals surface area contributed by atoms with Gasteiger partial charge in [0.1, 0.15) is 11.7 Å². The molecule has 10 nitrogen and oxygen atoms in total. The number of amides is 2. The van der Waals surface area contributed by atoms with E-state index < -0.39 is 5.91 Å². The number of benzene rings is 3. The number of carbonyl (C=O) groups is 2. The van der Waals surface area contributed by atoms with Crippen LogP contribution in [0.2, 0.25) is 5.02 Å². The van der Waals surface area contributed by atoms with E-state index >= 15 is 0 Å². The zero-order valence-electron chi connectivity index (χ0n) is 23.2. The van der Waals surface area contributed by atoms with Crippen molar-refractivity contribution in [2.75, 3.05) is 51.2 Å². The van der Waals surface area contributed by atoms with Crippen LogP contribution in [-0.4, -0.2) is 64.0 Å². The zero-order chi connectivity index (χ0) is 29.6. The summed E-state index contributed by atoms with van der Waals surface area (Å²) in [6.45, 7) is 2.37. The molecule has 216 valence electrons. The second-order valence-corrected chi connectivity index (χ2v) is 9.39. The molecule has 0 aliphatic heterocycles. The van der Waals surface area contributed by atoms with Crippen LogP contribution in [0.3, 0.4) is 0 Å². The van der Waals surface area contributed by atoms with Gasteiger partial charge in [-0.2, -0.15) is 0 Å². The molecule has 3 rings (SSSR count). The second kappa shape index (κ2) is 16.1. The molecule has 0 saturated carbocycles. The fraction of sp³-hybridized carbons (Fsp3) is 0.267. The summed E-state index contributed by atoms with van der Waals surface area (Å²) in [5.74, 6) is 0.0543. The summed E-state index contributed by atoms with van der Waals surface area (Å²) in [6, 6.07) is 18.5. The molecule has 0 radical (unpaired) electrons. The molecule has 0 fully saturated rings. The van der Waals surface area contributed by atoms with Crippen molar-refractivity contribution in [2.24, 2.45) is 21.5 Å². The maximum atomic E-state index is 12.8. The molecule has 0 aliphatic carbocycles. The molecule has 11 heteroatoms. The average molecular weight is 579 g/mol. The molecule has 6 N–H and O–H groups in total. The van der Waals surface area contributed by atoms with Gasteiger partial charge >= 0.3 is 0 Å². The third kappa shape index (κ3) is 9.71. The lowest BCUT2D eigenvalue weighted by atomic mass is 10.1. The number of aliphatic imine (C=N–C) groups is 2. The lowest BCUT2D eigenvalue weighted by molar-refractivity contribution is 0.101. The highest BCUT2D eigenvalue weighted by atomic mass is 35.5. The maximum Gasteiger partial charge on any atom is 0.257 e. The van der Waals surface area contributed by atoms with Crippen molar-refractivity contribution in [3.63, 3.8) is 0 Å². The predicted molar refractivity (Wildman–Crippen MR) is 164 cm³/mol. The number of halogens is 1. The number of carbonyl (C=O) groups excluding carboxylic acids is 2. The predicted octanol–water partition coefficient (Wildman–Crippen LogP) is 4.33. The first-order valence-electron chi connectivity index (χ1n) is 13.0. The van der Waals surface area contributed by atoms with Crippen molar-refractivity contribution in [1.29, 1.82) is 0 Å². The first-order chi connectivity index (χ1) is 19.8. The van der Waals surface area contributed by atoms with Crippen molar-refractivity contribution in [2.45, 2.75) is 12.8 Å². The number of hydrogen-bond donors (Lipinski definition) is 4. The van der Waals surface area contributed by atoms with Gasteiger partial charge in [-0.15, -0.1) is 0 Å². The number of amidine groups is 2. The van der Waals surface area contributed by atoms with Gasteiger partial charge in [0.25, 0.3) is 11.8 Å². The van der Waals surface area contributed by atoms with E-state index in [1.165, 1.54) is 12.1 Å². The van der Waals surface area contributed by atoms with Crippen molar-refractivity contribution in [1.82, 2.24) is 0 Å². The van der Waals surface area contributed by atoms with Crippen LogP contribution in [0.5, 0.6) is 0 Å². The smallest absolute Gasteiger partial charge is 0.257 e. The minimum atomic E-state index is -0.409. The Kier molecular flexibility index (Phi) is 12.3. The molecule has 0 unspecified atom stereocenters. The van der Waals surface area contributed by atoms with E-state index in [1.54, 1.807) is 68.8 Å². The number of hydrogen-bond acceptors (Lipinski definition) is 6. The van der Waals surface area contributed by atoms with Gasteiger partial charge < -0.3 is 31.6 Å². The first-order valence-corrected chi connectivity index (χ1v) is 13.4. The lowest BCUT2D eigenvalue weighted by Gasteiger charge is -2.10. The van der Waals surface area contributed by atoms with E-state index in [0.717, 1.165) is 24.0 Å². The number of nitrogens with one attached hydrogen (secondary N) is 2. The van der Waals surface area contributed by atoms with E-state index in [0.29, 0.717) is 54.9 Å². The molecule has 0 heterocycles. The molecular weight excluding hydrogens is 544 g/mol. The number of nitrogens with zero attached hydrogens (tertiary/aromatic N) is 2. The van der Waals surface area contributed by atoms with Crippen LogP contribution in [0, 0.1) is 0 Å². The fourth-order valence-electron chi connectivity index (χ4n) is 3.69. The summed E-state index contributed by atoms with van der Waals surface area (Å²) in [6.07, 6.45) is 1.56. The Balaban J connectivity index is 1.58. The van der Waals surface area contributed by atoms with Crippen LogP contribution >= 0.6 is 11.6 Å². The van der Waals surface area contributed by atoms with Gasteiger partial charge in [0.2, 0.25) is 0 Å². The number of rotatable bonds is 14. The van der Waals surface area contributed by atoms with Crippen molar-refractivity contribution < 1.29 is 19.1 Å². The molecule has 0 bridgehead atoms. The van der Waals surface area contributed by atoms with E-state index in [1.807, 2.05) is 0 Å². The lowest BCUT2D eigenvalue weighted by Crippen LogP contribution is -2.16. The normalized spacial score (nSPS) is 11.8. The van der Waals surface area contributed by atoms with Gasteiger partial charge in [0.05, 0.1) is 10.6 Å². The molecule has 0 spiro atoms. The maximum absolute atomic E-state index is 12.8. The molecule has 0 aromatic heterocycles. The van der Waals surface area contributed by atoms with Gasteiger partial charge in [0.15, 0.2) is 0 Å². The average Bonchev–Trinajstić information content (AvgIpc) is 2.98. The van der Waals surface area contributed by atoms with Crippen LogP contribution in [0.15, 0.2) is 76.7 Å². The Morgan fingerprint density at radius 2 is 1.15 bits per heavy atom. The van der Waals surface area contributed by atoms with Gasteiger partial charge in [-0.25, -0.2) is 0 Å². The number of ether oxygens (including phenoxy) is 2. The topological polar surface area (TPSA) is 153 Å². The van der Waals surface area contributed by atoms with E-state index in [9.17, 15) is 9.59 Å². The Bertz CT molecular complexity index is 1370. The standard InChI is InChI=1S/C30H35ClN6O4/c1-40-17-3-15-34-27(32)20-5-10-23(11-6-20)36-29(38)22-9-14-25(26(31)19-22)30(39)37-24-12-7-21(8-13-24)28(33)35-16-4-18-41-2/h5-14,19H,3-4,15-18H2,1-2H3,(H2,32,34)(H2,33,35)(H,36,38)(H,37,39). The molecule has 0 saturated heterocycles. The molecule has 3 aromatic rings. The molecule has 0 atom stereocenters. The van der Waals surface area contributed by atoms with E-state index in [4.69, 9.17) is 32.5 Å². The third-order valence-corrected chi connectivity index (χ3v) is 6.24. The van der Waals surface area contributed by atoms with Gasteiger partial charge in [0, 0.05) is 68.6 Å². The van der Waals surface area contributed by atoms with Crippen molar-refractivity contribution in [3.8, 4) is 0 Å². The monoisotopic (exact) mass is 578 g/mol. The summed E-state index contributed by atoms with van der Waals surface area (Å²) < 4.78 is 10.0. The molecular formula is C30H35ClN6O4. The Hall–Kier alpha value is -4.25. The van der Waals surface area contributed by atoms with Crippen molar-refractivity contribution in [3.05, 3.63) is 94.0 Å². The molecule has 41 heavy (non-hydrogen) atoms. The number of methoxy groups -OCH3 is 2. The fourth-order valence-corrected chi connectivity index (χ4v) is 3.96. The summed E-state index contributed by atoms with van der Waals surface area (Å²) in [5, 5.41) is 5.76. The number of anilines is 2. The summed E-state index contributed by atoms with van der Waals surface area (Å²) in [7, 11) is 3.28. The molecule has 0 aliphatic rings. The Morgan fingerprint density at radius 1 is 0.707 bits per heavy atom. The minimum absolute atomic E-state index is 0.145. The van der Waals surface area contributed by atoms with E-state index in [-0.39, 0.29) is 16.5 Å². The Morgan fingerprint density at radius 3 is 1.59 bits per heavy atom. The van der Waals surface area contributed by atoms with Crippen LogP contribution < -0.4 is 22.1 Å². The molecule has 2 amide bonds. The SMILES string of the molecule is COCCCN=C(N)c1ccc(NC(=O)c2ccc(C(=O)Nc3ccc(C(N)=NCCCOC)cc3)c(Cl)c2)cc1. The minimum Gasteiger partial charge on any atom is -0.385 e. The highest BCUT2D eigenvalue weighted by Crippen LogP contribution is 2.21. The van der Waals surface area contributed by atoms with E-state index in [2.05, 4.69) is 20.6 Å². The van der Waals surface area contributed by atoms with Crippen LogP contribution in [-0.2, 0) is 9.47 Å². The van der Waals surface area contributed by atoms with Gasteiger partial charge in [-0.1, -0.05) is 11.6 Å². The zero-order valence-corrected chi connectivity index (χ0v) is 23.9. The highest BCUT2D eigenvalue weighted by molar-refractivity contribution is 6.35. The van der Waals surface area contributed by atoms with Gasteiger partial charge in [-0.3, -0.25) is 19.6 Å². The van der Waals surface area contributed by atoms with Crippen molar-refractivity contribution >= 4 is 46.5 Å². The first kappa shape index (κ1) is 31.3. The van der Waals surface area contributed by atoms with Crippen LogP contribution in [0.25, 0.3) is 0 Å². The third-order valence-electron chi connectivity index (χ3n) is 5.93. The second-order valence-electron chi connectivity index (χ2n) is 8.98. The van der Waals surface area contributed by atoms with Crippen LogP contribution in [0.1, 0.15) is 44.7 Å². The summed E-state index contributed by atoms with van der Waals surface area (Å²) in [5.41, 5.74) is 15.2. The largest absolute Gasteiger partial charge is 0.385 e. The number of nitrogens with two attached hydrogens (primary N) is 2. The van der Waals surface area contributed by atoms with Crippen LogP contribution in [0.4, 0.5) is 11.4 Å². The highest BCUT2D eigenvalue weighted by Gasteiger charge is 2.15. The Labute approximate surface area is 244 Å².